The molecule has 0 fully saturated rings. The molecular weight excluding hydrogens is 266 g/mol. The van der Waals surface area contributed by atoms with Crippen molar-refractivity contribution in [2.75, 3.05) is 0 Å². The van der Waals surface area contributed by atoms with E-state index in [1.165, 1.54) is 0 Å². The molecule has 0 saturated heterocycles. The number of rotatable bonds is 6. The highest BCUT2D eigenvalue weighted by Crippen LogP contribution is 2.31. The summed E-state index contributed by atoms with van der Waals surface area (Å²) in [6.07, 6.45) is 0.327. The van der Waals surface area contributed by atoms with Crippen LogP contribution in [0.4, 0.5) is 0 Å². The van der Waals surface area contributed by atoms with Crippen molar-refractivity contribution in [1.29, 1.82) is 0 Å². The van der Waals surface area contributed by atoms with Gasteiger partial charge in [0.05, 0.1) is 0 Å². The van der Waals surface area contributed by atoms with E-state index in [1.54, 1.807) is 44.2 Å². The van der Waals surface area contributed by atoms with Gasteiger partial charge in [-0.3, -0.25) is 9.59 Å². The number of hydrogen-bond donors (Lipinski definition) is 2. The zero-order chi connectivity index (χ0) is 14.5. The fourth-order valence-corrected chi connectivity index (χ4v) is 2.59. The van der Waals surface area contributed by atoms with Crippen LogP contribution in [0, 0.1) is 0 Å². The molecular formula is C13H15NO4S. The monoisotopic (exact) mass is 281 g/mol. The zero-order valence-corrected chi connectivity index (χ0v) is 11.4. The molecule has 2 N–H and O–H groups in total. The SMILES string of the molecule is CC(C)(SC(=O)c1ccccc1)[C@H](NC=O)C(=O)O. The van der Waals surface area contributed by atoms with Crippen LogP contribution < -0.4 is 5.32 Å². The third-order valence-electron chi connectivity index (χ3n) is 2.54. The van der Waals surface area contributed by atoms with E-state index in [0.717, 1.165) is 11.8 Å². The fraction of sp³-hybridized carbons (Fsp3) is 0.308. The number of aliphatic carboxylic acids is 1. The predicted octanol–water partition coefficient (Wildman–Crippen LogP) is 1.54. The molecule has 0 aromatic heterocycles. The minimum absolute atomic E-state index is 0.232. The molecule has 0 heterocycles. The third-order valence-corrected chi connectivity index (χ3v) is 3.72. The van der Waals surface area contributed by atoms with Gasteiger partial charge < -0.3 is 10.4 Å². The van der Waals surface area contributed by atoms with Gasteiger partial charge >= 0.3 is 5.97 Å². The fourth-order valence-electron chi connectivity index (χ4n) is 1.57. The molecule has 1 amide bonds. The van der Waals surface area contributed by atoms with E-state index in [0.29, 0.717) is 12.0 Å². The number of carbonyl (C=O) groups is 3. The number of amides is 1. The molecule has 1 aromatic carbocycles. The van der Waals surface area contributed by atoms with Gasteiger partial charge in [0.15, 0.2) is 0 Å². The van der Waals surface area contributed by atoms with Crippen molar-refractivity contribution in [2.24, 2.45) is 0 Å². The lowest BCUT2D eigenvalue weighted by Gasteiger charge is -2.29. The normalized spacial score (nSPS) is 12.5. The van der Waals surface area contributed by atoms with Gasteiger partial charge in [0.25, 0.3) is 0 Å². The second-order valence-corrected chi connectivity index (χ2v) is 6.04. The van der Waals surface area contributed by atoms with Crippen LogP contribution in [0.5, 0.6) is 0 Å². The molecule has 0 saturated carbocycles. The summed E-state index contributed by atoms with van der Waals surface area (Å²) in [6.45, 7) is 3.21. The highest BCUT2D eigenvalue weighted by molar-refractivity contribution is 8.15. The van der Waals surface area contributed by atoms with E-state index in [4.69, 9.17) is 5.11 Å². The van der Waals surface area contributed by atoms with Gasteiger partial charge in [0, 0.05) is 10.3 Å². The maximum atomic E-state index is 12.0. The number of carboxylic acid groups (broad SMARTS) is 1. The highest BCUT2D eigenvalue weighted by Gasteiger charge is 2.37. The van der Waals surface area contributed by atoms with Gasteiger partial charge in [0.2, 0.25) is 11.5 Å². The first-order chi connectivity index (χ1) is 8.88. The lowest BCUT2D eigenvalue weighted by atomic mass is 10.0. The Bertz CT molecular complexity index is 473. The van der Waals surface area contributed by atoms with Gasteiger partial charge in [-0.15, -0.1) is 0 Å². The summed E-state index contributed by atoms with van der Waals surface area (Å²) in [5.41, 5.74) is 0.496. The topological polar surface area (TPSA) is 83.5 Å². The van der Waals surface area contributed by atoms with Gasteiger partial charge in [0.1, 0.15) is 6.04 Å². The quantitative estimate of drug-likeness (QED) is 0.773. The van der Waals surface area contributed by atoms with Crippen LogP contribution in [-0.4, -0.2) is 33.4 Å². The van der Waals surface area contributed by atoms with Gasteiger partial charge in [-0.1, -0.05) is 42.1 Å². The number of carbonyl (C=O) groups excluding carboxylic acids is 2. The first kappa shape index (κ1) is 15.2. The standard InChI is InChI=1S/C13H15NO4S/c1-13(2,10(11(16)17)14-8-15)19-12(18)9-6-4-3-5-7-9/h3-8,10H,1-2H3,(H,14,15)(H,16,17)/t10-/m1/s1. The maximum Gasteiger partial charge on any atom is 0.327 e. The molecule has 0 bridgehead atoms. The van der Waals surface area contributed by atoms with Crippen LogP contribution in [0.3, 0.4) is 0 Å². The van der Waals surface area contributed by atoms with E-state index in [1.807, 2.05) is 0 Å². The molecule has 0 radical (unpaired) electrons. The van der Waals surface area contributed by atoms with Crippen molar-refractivity contribution < 1.29 is 19.5 Å². The molecule has 0 aliphatic heterocycles. The molecule has 0 aliphatic rings. The molecule has 102 valence electrons. The Morgan fingerprint density at radius 3 is 2.37 bits per heavy atom. The first-order valence-electron chi connectivity index (χ1n) is 5.59. The average Bonchev–Trinajstić information content (AvgIpc) is 2.35. The van der Waals surface area contributed by atoms with E-state index >= 15 is 0 Å². The number of nitrogens with one attached hydrogen (secondary N) is 1. The van der Waals surface area contributed by atoms with Crippen LogP contribution in [0.15, 0.2) is 30.3 Å². The second-order valence-electron chi connectivity index (χ2n) is 4.41. The smallest absolute Gasteiger partial charge is 0.327 e. The minimum atomic E-state index is -1.18. The summed E-state index contributed by atoms with van der Waals surface area (Å²) in [5, 5.41) is 11.1. The molecule has 1 atom stereocenters. The summed E-state index contributed by atoms with van der Waals surface area (Å²) in [5.74, 6) is -1.18. The summed E-state index contributed by atoms with van der Waals surface area (Å²) in [6, 6.07) is 7.45. The predicted molar refractivity (Wildman–Crippen MR) is 73.1 cm³/mol. The largest absolute Gasteiger partial charge is 0.480 e. The Morgan fingerprint density at radius 2 is 1.89 bits per heavy atom. The van der Waals surface area contributed by atoms with Crippen LogP contribution >= 0.6 is 11.8 Å². The molecule has 1 rings (SSSR count). The molecule has 6 heteroatoms. The highest BCUT2D eigenvalue weighted by atomic mass is 32.2. The van der Waals surface area contributed by atoms with Crippen molar-refractivity contribution in [3.8, 4) is 0 Å². The van der Waals surface area contributed by atoms with Gasteiger partial charge in [-0.05, 0) is 13.8 Å². The van der Waals surface area contributed by atoms with E-state index in [-0.39, 0.29) is 5.12 Å². The van der Waals surface area contributed by atoms with Gasteiger partial charge in [-0.25, -0.2) is 4.79 Å². The van der Waals surface area contributed by atoms with Crippen LogP contribution in [-0.2, 0) is 9.59 Å². The van der Waals surface area contributed by atoms with E-state index in [9.17, 15) is 14.4 Å². The Kier molecular flexibility index (Phi) is 5.11. The Balaban J connectivity index is 2.86. The van der Waals surface area contributed by atoms with E-state index < -0.39 is 16.8 Å². The van der Waals surface area contributed by atoms with Gasteiger partial charge in [-0.2, -0.15) is 0 Å². The van der Waals surface area contributed by atoms with Crippen molar-refractivity contribution in [1.82, 2.24) is 5.32 Å². The molecule has 5 nitrogen and oxygen atoms in total. The number of thioether (sulfide) groups is 1. The third kappa shape index (κ3) is 4.10. The van der Waals surface area contributed by atoms with Crippen molar-refractivity contribution in [3.05, 3.63) is 35.9 Å². The average molecular weight is 281 g/mol. The van der Waals surface area contributed by atoms with Crippen LogP contribution in [0.2, 0.25) is 0 Å². The summed E-state index contributed by atoms with van der Waals surface area (Å²) >= 11 is 0.890. The lowest BCUT2D eigenvalue weighted by molar-refractivity contribution is -0.141. The Morgan fingerprint density at radius 1 is 1.32 bits per heavy atom. The lowest BCUT2D eigenvalue weighted by Crippen LogP contribution is -2.50. The summed E-state index contributed by atoms with van der Waals surface area (Å²) in [4.78, 5) is 33.6. The Labute approximate surface area is 115 Å². The molecule has 19 heavy (non-hydrogen) atoms. The zero-order valence-electron chi connectivity index (χ0n) is 10.6. The number of benzene rings is 1. The first-order valence-corrected chi connectivity index (χ1v) is 6.41. The summed E-state index contributed by atoms with van der Waals surface area (Å²) in [7, 11) is 0. The van der Waals surface area contributed by atoms with Crippen molar-refractivity contribution in [2.45, 2.75) is 24.6 Å². The molecule has 0 unspecified atom stereocenters. The van der Waals surface area contributed by atoms with Crippen LogP contribution in [0.25, 0.3) is 0 Å². The minimum Gasteiger partial charge on any atom is -0.480 e. The summed E-state index contributed by atoms with van der Waals surface area (Å²) < 4.78 is -0.959. The molecule has 1 aromatic rings. The number of carboxylic acids is 1. The molecule has 0 spiro atoms. The number of hydrogen-bond acceptors (Lipinski definition) is 4. The Hall–Kier alpha value is -1.82. The maximum absolute atomic E-state index is 12.0. The molecule has 0 aliphatic carbocycles. The van der Waals surface area contributed by atoms with Crippen molar-refractivity contribution in [3.63, 3.8) is 0 Å². The second kappa shape index (κ2) is 6.38. The van der Waals surface area contributed by atoms with E-state index in [2.05, 4.69) is 5.32 Å². The van der Waals surface area contributed by atoms with Crippen LogP contribution in [0.1, 0.15) is 24.2 Å². The van der Waals surface area contributed by atoms with Crippen molar-refractivity contribution >= 4 is 29.3 Å².